The van der Waals surface area contributed by atoms with Crippen LogP contribution in [0.15, 0.2) is 97.1 Å². The molecule has 4 aromatic carbocycles. The van der Waals surface area contributed by atoms with Crippen LogP contribution in [0.25, 0.3) is 0 Å². The summed E-state index contributed by atoms with van der Waals surface area (Å²) in [7, 11) is 0. The van der Waals surface area contributed by atoms with E-state index >= 15 is 0 Å². The van der Waals surface area contributed by atoms with Gasteiger partial charge in [0.2, 0.25) is 11.8 Å². The Balaban J connectivity index is 0.000000303. The number of fused-ring (bicyclic) bond motifs is 2. The first kappa shape index (κ1) is 45.3. The third-order valence-corrected chi connectivity index (χ3v) is 8.75. The second-order valence-corrected chi connectivity index (χ2v) is 14.2. The number of rotatable bonds is 11. The van der Waals surface area contributed by atoms with Gasteiger partial charge in [-0.15, -0.1) is 24.8 Å². The first-order chi connectivity index (χ1) is 26.0. The van der Waals surface area contributed by atoms with E-state index in [2.05, 4.69) is 5.32 Å². The molecule has 14 nitrogen and oxygen atoms in total. The largest absolute Gasteiger partial charge is 0.444 e. The maximum Gasteiger partial charge on any atom is 0.407 e. The summed E-state index contributed by atoms with van der Waals surface area (Å²) in [4.78, 5) is 87.1. The third-order valence-electron chi connectivity index (χ3n) is 8.75. The molecule has 0 saturated carbocycles. The standard InChI is InChI=1S/C23H25N3O5.C18H17N3O3.2ClH/c1-23(2,3)31-22(30)25-16(12-14-8-10-15(11-9-14)19(24)27)13-26-20(28)17-6-4-5-7-18(17)21(26)29;19-13(9-11-5-7-12(8-6-11)16(20)22)10-21-17(23)14-3-1-2-4-15(14)18(21)24;;/h4-11,16H,12-13H2,1-3H3,(H2,24,27)(H,25,30);1-8,13H,9-10,19H2,(H2,20,22);2*1H/t16-;13-;;/m00../s1. The van der Waals surface area contributed by atoms with Crippen molar-refractivity contribution in [2.24, 2.45) is 17.2 Å². The number of hydrogen-bond donors (Lipinski definition) is 4. The van der Waals surface area contributed by atoms with Crippen molar-refractivity contribution < 1.29 is 38.3 Å². The Morgan fingerprint density at radius 3 is 1.30 bits per heavy atom. The number of alkyl carbamates (subject to hydrolysis) is 1. The highest BCUT2D eigenvalue weighted by Gasteiger charge is 2.37. The first-order valence-electron chi connectivity index (χ1n) is 17.5. The lowest BCUT2D eigenvalue weighted by Gasteiger charge is -2.26. The van der Waals surface area contributed by atoms with E-state index in [4.69, 9.17) is 21.9 Å². The van der Waals surface area contributed by atoms with Crippen molar-refractivity contribution in [1.82, 2.24) is 15.1 Å². The van der Waals surface area contributed by atoms with Gasteiger partial charge in [-0.3, -0.25) is 38.6 Å². The van der Waals surface area contributed by atoms with Gasteiger partial charge in [-0.25, -0.2) is 4.79 Å². The predicted molar refractivity (Wildman–Crippen MR) is 217 cm³/mol. The molecule has 0 radical (unpaired) electrons. The number of primary amides is 2. The molecule has 0 saturated heterocycles. The number of nitrogens with one attached hydrogen (secondary N) is 1. The molecule has 7 N–H and O–H groups in total. The maximum absolute atomic E-state index is 12.7. The topological polar surface area (TPSA) is 225 Å². The summed E-state index contributed by atoms with van der Waals surface area (Å²) in [6.45, 7) is 5.35. The Kier molecular flexibility index (Phi) is 15.2. The molecular weight excluding hydrogens is 775 g/mol. The van der Waals surface area contributed by atoms with Crippen molar-refractivity contribution in [3.8, 4) is 0 Å². The molecule has 2 aliphatic heterocycles. The van der Waals surface area contributed by atoms with Gasteiger partial charge in [0.25, 0.3) is 23.6 Å². The fourth-order valence-corrected chi connectivity index (χ4v) is 6.16. The van der Waals surface area contributed by atoms with Crippen molar-refractivity contribution in [2.75, 3.05) is 13.1 Å². The number of halogens is 2. The normalized spacial score (nSPS) is 13.9. The first-order valence-corrected chi connectivity index (χ1v) is 17.5. The van der Waals surface area contributed by atoms with Crippen molar-refractivity contribution >= 4 is 66.4 Å². The van der Waals surface area contributed by atoms with Crippen LogP contribution in [0.1, 0.15) is 94.0 Å². The van der Waals surface area contributed by atoms with Gasteiger partial charge >= 0.3 is 6.09 Å². The summed E-state index contributed by atoms with van der Waals surface area (Å²) in [5.41, 5.74) is 19.9. The zero-order valence-electron chi connectivity index (χ0n) is 31.4. The molecule has 0 aromatic heterocycles. The van der Waals surface area contributed by atoms with Crippen LogP contribution >= 0.6 is 24.8 Å². The Morgan fingerprint density at radius 2 is 0.947 bits per heavy atom. The van der Waals surface area contributed by atoms with Crippen LogP contribution in [0.2, 0.25) is 0 Å². The van der Waals surface area contributed by atoms with E-state index in [-0.39, 0.29) is 49.7 Å². The molecule has 300 valence electrons. The minimum absolute atomic E-state index is 0. The molecular formula is C41H44Cl2N6O8. The Hall–Kier alpha value is -6.09. The van der Waals surface area contributed by atoms with Gasteiger partial charge in [0.05, 0.1) is 34.8 Å². The van der Waals surface area contributed by atoms with E-state index in [0.717, 1.165) is 16.0 Å². The number of ether oxygens (including phenoxy) is 1. The molecule has 0 spiro atoms. The molecule has 7 amide bonds. The molecule has 2 atom stereocenters. The molecule has 0 aliphatic carbocycles. The highest BCUT2D eigenvalue weighted by Crippen LogP contribution is 2.24. The number of imide groups is 2. The summed E-state index contributed by atoms with van der Waals surface area (Å²) >= 11 is 0. The lowest BCUT2D eigenvalue weighted by atomic mass is 10.0. The van der Waals surface area contributed by atoms with Gasteiger partial charge in [-0.2, -0.15) is 0 Å². The van der Waals surface area contributed by atoms with Gasteiger partial charge in [0.15, 0.2) is 0 Å². The Morgan fingerprint density at radius 1 is 0.596 bits per heavy atom. The zero-order valence-corrected chi connectivity index (χ0v) is 33.1. The highest BCUT2D eigenvalue weighted by atomic mass is 35.5. The average Bonchev–Trinajstić information content (AvgIpc) is 3.51. The summed E-state index contributed by atoms with van der Waals surface area (Å²) in [5.74, 6) is -2.45. The molecule has 0 fully saturated rings. The van der Waals surface area contributed by atoms with E-state index in [1.165, 1.54) is 4.90 Å². The van der Waals surface area contributed by atoms with Crippen LogP contribution in [0.3, 0.4) is 0 Å². The number of carbonyl (C=O) groups is 7. The molecule has 2 aliphatic rings. The van der Waals surface area contributed by atoms with E-state index in [1.54, 1.807) is 118 Å². The number of nitrogens with zero attached hydrogens (tertiary/aromatic N) is 2. The minimum Gasteiger partial charge on any atom is -0.444 e. The number of amides is 7. The molecule has 4 aromatic rings. The zero-order chi connectivity index (χ0) is 40.0. The van der Waals surface area contributed by atoms with E-state index in [0.29, 0.717) is 46.2 Å². The average molecular weight is 820 g/mol. The van der Waals surface area contributed by atoms with Gasteiger partial charge in [0.1, 0.15) is 5.60 Å². The third kappa shape index (κ3) is 11.3. The second kappa shape index (κ2) is 19.2. The van der Waals surface area contributed by atoms with E-state index in [1.807, 2.05) is 0 Å². The quantitative estimate of drug-likeness (QED) is 0.158. The van der Waals surface area contributed by atoms with E-state index < -0.39 is 47.4 Å². The number of hydrogen-bond acceptors (Lipinski definition) is 9. The molecule has 57 heavy (non-hydrogen) atoms. The number of carbonyl (C=O) groups excluding carboxylic acids is 7. The smallest absolute Gasteiger partial charge is 0.407 e. The van der Waals surface area contributed by atoms with Crippen molar-refractivity contribution in [3.63, 3.8) is 0 Å². The Bertz CT molecular complexity index is 2090. The van der Waals surface area contributed by atoms with Crippen molar-refractivity contribution in [3.05, 3.63) is 142 Å². The highest BCUT2D eigenvalue weighted by molar-refractivity contribution is 6.22. The summed E-state index contributed by atoms with van der Waals surface area (Å²) in [5, 5.41) is 2.76. The lowest BCUT2D eigenvalue weighted by molar-refractivity contribution is 0.0468. The summed E-state index contributed by atoms with van der Waals surface area (Å²) in [6, 6.07) is 25.8. The predicted octanol–water partition coefficient (Wildman–Crippen LogP) is 4.31. The second-order valence-electron chi connectivity index (χ2n) is 14.2. The number of nitrogens with two attached hydrogens (primary N) is 3. The van der Waals surface area contributed by atoms with Crippen LogP contribution in [-0.2, 0) is 17.6 Å². The fraction of sp³-hybridized carbons (Fsp3) is 0.244. The van der Waals surface area contributed by atoms with Crippen LogP contribution in [0, 0.1) is 0 Å². The summed E-state index contributed by atoms with van der Waals surface area (Å²) < 4.78 is 5.34. The fourth-order valence-electron chi connectivity index (χ4n) is 6.16. The van der Waals surface area contributed by atoms with Crippen LogP contribution in [-0.4, -0.2) is 82.1 Å². The molecule has 2 heterocycles. The maximum atomic E-state index is 12.7. The minimum atomic E-state index is -0.701. The van der Waals surface area contributed by atoms with Crippen molar-refractivity contribution in [2.45, 2.75) is 51.3 Å². The van der Waals surface area contributed by atoms with Gasteiger partial charge in [-0.1, -0.05) is 48.5 Å². The Labute approximate surface area is 341 Å². The molecule has 6 rings (SSSR count). The van der Waals surface area contributed by atoms with Gasteiger partial charge in [-0.05, 0) is 93.3 Å². The summed E-state index contributed by atoms with van der Waals surface area (Å²) in [6.07, 6.45) is 0.140. The lowest BCUT2D eigenvalue weighted by Crippen LogP contribution is -2.48. The van der Waals surface area contributed by atoms with Crippen LogP contribution in [0.4, 0.5) is 4.79 Å². The van der Waals surface area contributed by atoms with Crippen LogP contribution < -0.4 is 22.5 Å². The molecule has 16 heteroatoms. The van der Waals surface area contributed by atoms with Crippen molar-refractivity contribution in [1.29, 1.82) is 0 Å². The van der Waals surface area contributed by atoms with Gasteiger partial charge in [0, 0.05) is 23.7 Å². The SMILES string of the molecule is CC(C)(C)OC(=O)N[C@@H](Cc1ccc(C(N)=O)cc1)CN1C(=O)c2ccccc2C1=O.Cl.Cl.NC(=O)c1ccc(C[C@H](N)CN2C(=O)c3ccccc3C2=O)cc1. The van der Waals surface area contributed by atoms with Gasteiger partial charge < -0.3 is 27.3 Å². The monoisotopic (exact) mass is 818 g/mol. The molecule has 0 bridgehead atoms. The van der Waals surface area contributed by atoms with E-state index in [9.17, 15) is 33.6 Å². The van der Waals surface area contributed by atoms with Crippen LogP contribution in [0.5, 0.6) is 0 Å². The number of benzene rings is 4. The molecule has 0 unspecified atom stereocenters.